The van der Waals surface area contributed by atoms with E-state index in [0.717, 1.165) is 28.1 Å². The molecular formula is C17H17NO3. The Hall–Kier alpha value is -2.62. The summed E-state index contributed by atoms with van der Waals surface area (Å²) in [5, 5.41) is 10.9. The van der Waals surface area contributed by atoms with Crippen LogP contribution in [0.1, 0.15) is 5.69 Å². The van der Waals surface area contributed by atoms with Crippen molar-refractivity contribution in [1.82, 2.24) is 4.57 Å². The van der Waals surface area contributed by atoms with Gasteiger partial charge in [0.1, 0.15) is 23.9 Å². The summed E-state index contributed by atoms with van der Waals surface area (Å²) in [6, 6.07) is 15.0. The van der Waals surface area contributed by atoms with Gasteiger partial charge in [-0.05, 0) is 24.3 Å². The molecule has 21 heavy (non-hydrogen) atoms. The Bertz CT molecular complexity index is 777. The fourth-order valence-electron chi connectivity index (χ4n) is 2.44. The molecule has 1 heterocycles. The quantitative estimate of drug-likeness (QED) is 0.797. The molecule has 4 heteroatoms. The van der Waals surface area contributed by atoms with E-state index in [2.05, 4.69) is 0 Å². The van der Waals surface area contributed by atoms with Crippen LogP contribution in [-0.4, -0.2) is 16.8 Å². The molecule has 3 rings (SSSR count). The Morgan fingerprint density at radius 3 is 2.57 bits per heavy atom. The summed E-state index contributed by atoms with van der Waals surface area (Å²) in [7, 11) is 3.55. The molecule has 3 aromatic rings. The number of phenolic OH excluding ortho intramolecular Hbond substituents is 1. The van der Waals surface area contributed by atoms with Crippen molar-refractivity contribution in [3.63, 3.8) is 0 Å². The zero-order chi connectivity index (χ0) is 14.8. The zero-order valence-electron chi connectivity index (χ0n) is 12.0. The fraction of sp³-hybridized carbons (Fsp3) is 0.176. The Labute approximate surface area is 123 Å². The minimum atomic E-state index is 0.280. The monoisotopic (exact) mass is 283 g/mol. The normalized spacial score (nSPS) is 10.8. The SMILES string of the molecule is COc1cccc(OCc2cc3cccc(O)c3n2C)c1. The van der Waals surface area contributed by atoms with Gasteiger partial charge in [-0.2, -0.15) is 0 Å². The average molecular weight is 283 g/mol. The number of benzene rings is 2. The minimum Gasteiger partial charge on any atom is -0.506 e. The molecule has 108 valence electrons. The van der Waals surface area contributed by atoms with Gasteiger partial charge >= 0.3 is 0 Å². The van der Waals surface area contributed by atoms with E-state index in [1.54, 1.807) is 13.2 Å². The number of fused-ring (bicyclic) bond motifs is 1. The van der Waals surface area contributed by atoms with E-state index in [1.165, 1.54) is 0 Å². The van der Waals surface area contributed by atoms with Crippen LogP contribution in [0, 0.1) is 0 Å². The van der Waals surface area contributed by atoms with Crippen LogP contribution in [0.15, 0.2) is 48.5 Å². The number of hydrogen-bond donors (Lipinski definition) is 1. The van der Waals surface area contributed by atoms with Gasteiger partial charge in [0.2, 0.25) is 0 Å². The highest BCUT2D eigenvalue weighted by atomic mass is 16.5. The van der Waals surface area contributed by atoms with Crippen LogP contribution in [0.5, 0.6) is 17.2 Å². The first-order chi connectivity index (χ1) is 10.2. The predicted molar refractivity (Wildman–Crippen MR) is 81.9 cm³/mol. The summed E-state index contributed by atoms with van der Waals surface area (Å²) >= 11 is 0. The molecule has 4 nitrogen and oxygen atoms in total. The molecule has 0 aliphatic rings. The van der Waals surface area contributed by atoms with E-state index in [9.17, 15) is 5.11 Å². The number of rotatable bonds is 4. The van der Waals surface area contributed by atoms with Gasteiger partial charge in [-0.15, -0.1) is 0 Å². The van der Waals surface area contributed by atoms with Crippen molar-refractivity contribution in [3.8, 4) is 17.2 Å². The first-order valence-electron chi connectivity index (χ1n) is 6.72. The minimum absolute atomic E-state index is 0.280. The van der Waals surface area contributed by atoms with E-state index in [-0.39, 0.29) is 5.75 Å². The third-order valence-corrected chi connectivity index (χ3v) is 3.56. The third-order valence-electron chi connectivity index (χ3n) is 3.56. The molecular weight excluding hydrogens is 266 g/mol. The lowest BCUT2D eigenvalue weighted by Crippen LogP contribution is -2.01. The lowest BCUT2D eigenvalue weighted by atomic mass is 10.2. The van der Waals surface area contributed by atoms with Gasteiger partial charge in [-0.3, -0.25) is 0 Å². The standard InChI is InChI=1S/C17H17NO3/c1-18-13(9-12-5-3-8-16(19)17(12)18)11-21-15-7-4-6-14(10-15)20-2/h3-10,19H,11H2,1-2H3. The fourth-order valence-corrected chi connectivity index (χ4v) is 2.44. The van der Waals surface area contributed by atoms with E-state index in [4.69, 9.17) is 9.47 Å². The van der Waals surface area contributed by atoms with Crippen molar-refractivity contribution in [2.45, 2.75) is 6.61 Å². The first kappa shape index (κ1) is 13.4. The Morgan fingerprint density at radius 2 is 1.81 bits per heavy atom. The topological polar surface area (TPSA) is 43.6 Å². The van der Waals surface area contributed by atoms with Gasteiger partial charge in [0.15, 0.2) is 0 Å². The van der Waals surface area contributed by atoms with Crippen LogP contribution >= 0.6 is 0 Å². The van der Waals surface area contributed by atoms with Crippen molar-refractivity contribution in [2.75, 3.05) is 7.11 Å². The summed E-state index contributed by atoms with van der Waals surface area (Å²) < 4.78 is 12.9. The second kappa shape index (κ2) is 5.40. The summed E-state index contributed by atoms with van der Waals surface area (Å²) in [6.07, 6.45) is 0. The van der Waals surface area contributed by atoms with Crippen LogP contribution in [0.25, 0.3) is 10.9 Å². The van der Waals surface area contributed by atoms with Crippen molar-refractivity contribution in [3.05, 3.63) is 54.2 Å². The number of methoxy groups -OCH3 is 1. The smallest absolute Gasteiger partial charge is 0.139 e. The molecule has 0 bridgehead atoms. The lowest BCUT2D eigenvalue weighted by Gasteiger charge is -2.09. The molecule has 0 amide bonds. The maximum absolute atomic E-state index is 9.94. The molecule has 0 atom stereocenters. The number of nitrogens with zero attached hydrogens (tertiary/aromatic N) is 1. The van der Waals surface area contributed by atoms with Crippen LogP contribution < -0.4 is 9.47 Å². The average Bonchev–Trinajstić information content (AvgIpc) is 2.83. The predicted octanol–water partition coefficient (Wildman–Crippen LogP) is 3.47. The number of aromatic hydroxyl groups is 1. The zero-order valence-corrected chi connectivity index (χ0v) is 12.0. The third kappa shape index (κ3) is 2.52. The van der Waals surface area contributed by atoms with Crippen molar-refractivity contribution in [1.29, 1.82) is 0 Å². The highest BCUT2D eigenvalue weighted by molar-refractivity contribution is 5.86. The summed E-state index contributed by atoms with van der Waals surface area (Å²) in [5.41, 5.74) is 1.82. The van der Waals surface area contributed by atoms with E-state index in [1.807, 2.05) is 54.1 Å². The molecule has 0 saturated heterocycles. The number of phenols is 1. The van der Waals surface area contributed by atoms with Crippen LogP contribution in [0.3, 0.4) is 0 Å². The van der Waals surface area contributed by atoms with Crippen molar-refractivity contribution < 1.29 is 14.6 Å². The molecule has 1 N–H and O–H groups in total. The number of para-hydroxylation sites is 1. The molecule has 0 saturated carbocycles. The van der Waals surface area contributed by atoms with E-state index in [0.29, 0.717) is 6.61 Å². The van der Waals surface area contributed by atoms with Gasteiger partial charge in [-0.1, -0.05) is 18.2 Å². The number of hydrogen-bond acceptors (Lipinski definition) is 3. The molecule has 0 radical (unpaired) electrons. The maximum atomic E-state index is 9.94. The van der Waals surface area contributed by atoms with Crippen LogP contribution in [-0.2, 0) is 13.7 Å². The number of aromatic nitrogens is 1. The largest absolute Gasteiger partial charge is 0.506 e. The van der Waals surface area contributed by atoms with Crippen molar-refractivity contribution in [2.24, 2.45) is 7.05 Å². The Balaban J connectivity index is 1.85. The molecule has 0 aliphatic heterocycles. The molecule has 0 unspecified atom stereocenters. The van der Waals surface area contributed by atoms with Gasteiger partial charge in [0.25, 0.3) is 0 Å². The number of aryl methyl sites for hydroxylation is 1. The Morgan fingerprint density at radius 1 is 1.05 bits per heavy atom. The van der Waals surface area contributed by atoms with Crippen molar-refractivity contribution >= 4 is 10.9 Å². The van der Waals surface area contributed by atoms with Gasteiger partial charge < -0.3 is 19.1 Å². The summed E-state index contributed by atoms with van der Waals surface area (Å²) in [6.45, 7) is 0.428. The highest BCUT2D eigenvalue weighted by Crippen LogP contribution is 2.28. The second-order valence-corrected chi connectivity index (χ2v) is 4.88. The second-order valence-electron chi connectivity index (χ2n) is 4.88. The number of ether oxygens (including phenoxy) is 2. The lowest BCUT2D eigenvalue weighted by molar-refractivity contribution is 0.295. The van der Waals surface area contributed by atoms with Gasteiger partial charge in [-0.25, -0.2) is 0 Å². The first-order valence-corrected chi connectivity index (χ1v) is 6.72. The maximum Gasteiger partial charge on any atom is 0.139 e. The molecule has 0 fully saturated rings. The summed E-state index contributed by atoms with van der Waals surface area (Å²) in [4.78, 5) is 0. The summed E-state index contributed by atoms with van der Waals surface area (Å²) in [5.74, 6) is 1.80. The van der Waals surface area contributed by atoms with E-state index >= 15 is 0 Å². The van der Waals surface area contributed by atoms with Gasteiger partial charge in [0.05, 0.1) is 18.3 Å². The molecule has 0 aliphatic carbocycles. The molecule has 1 aromatic heterocycles. The van der Waals surface area contributed by atoms with Crippen LogP contribution in [0.2, 0.25) is 0 Å². The molecule has 0 spiro atoms. The van der Waals surface area contributed by atoms with Gasteiger partial charge in [0, 0.05) is 18.5 Å². The molecule has 2 aromatic carbocycles. The van der Waals surface area contributed by atoms with E-state index < -0.39 is 0 Å². The highest BCUT2D eigenvalue weighted by Gasteiger charge is 2.09. The van der Waals surface area contributed by atoms with Crippen LogP contribution in [0.4, 0.5) is 0 Å². The Kier molecular flexibility index (Phi) is 3.44.